The molecule has 0 bridgehead atoms. The molecule has 1 amide bonds. The number of nitrogens with one attached hydrogen (secondary N) is 1. The predicted octanol–water partition coefficient (Wildman–Crippen LogP) is 3.82. The number of carbonyl (C=O) groups is 1. The molecule has 118 valence electrons. The van der Waals surface area contributed by atoms with Crippen LogP contribution in [0.2, 0.25) is 0 Å². The predicted molar refractivity (Wildman–Crippen MR) is 86.6 cm³/mol. The molecule has 0 aliphatic heterocycles. The Balaban J connectivity index is 1.99. The van der Waals surface area contributed by atoms with Crippen LogP contribution in [0.25, 0.3) is 0 Å². The van der Waals surface area contributed by atoms with Crippen LogP contribution in [0.4, 0.5) is 9.93 Å². The molecule has 2 atom stereocenters. The number of amides is 1. The van der Waals surface area contributed by atoms with Gasteiger partial charge in [-0.2, -0.15) is 0 Å². The van der Waals surface area contributed by atoms with Crippen molar-refractivity contribution >= 4 is 33.6 Å². The molecule has 0 radical (unpaired) electrons. The van der Waals surface area contributed by atoms with Gasteiger partial charge in [0.1, 0.15) is 11.0 Å². The molecule has 0 saturated heterocycles. The van der Waals surface area contributed by atoms with Crippen molar-refractivity contribution in [3.05, 3.63) is 41.4 Å². The summed E-state index contributed by atoms with van der Waals surface area (Å²) in [5.41, 5.74) is 0.502. The van der Waals surface area contributed by atoms with E-state index >= 15 is 0 Å². The number of hydrogen-bond acceptors (Lipinski definition) is 5. The van der Waals surface area contributed by atoms with Crippen LogP contribution >= 0.6 is 11.3 Å². The van der Waals surface area contributed by atoms with E-state index in [1.165, 1.54) is 11.3 Å². The first-order valence-corrected chi connectivity index (χ1v) is 8.74. The van der Waals surface area contributed by atoms with Crippen molar-refractivity contribution in [2.45, 2.75) is 25.0 Å². The van der Waals surface area contributed by atoms with Crippen molar-refractivity contribution < 1.29 is 18.3 Å². The first-order chi connectivity index (χ1) is 10.6. The molecule has 0 saturated carbocycles. The van der Waals surface area contributed by atoms with E-state index in [4.69, 9.17) is 4.74 Å². The van der Waals surface area contributed by atoms with Gasteiger partial charge in [0.15, 0.2) is 16.2 Å². The summed E-state index contributed by atoms with van der Waals surface area (Å²) >= 11 is -0.793. The standard InChI is InChI=1S/C14H16N2O4S2/c1-2-6-12(22(18)19)11-9-21-13(15-11)16-14(17)20-10-7-4-3-5-8-10/h3-5,7-9,12H,2,6H2,1H3,(H,18,19)(H,15,16,17). The lowest BCUT2D eigenvalue weighted by atomic mass is 10.2. The third kappa shape index (κ3) is 4.62. The Kier molecular flexibility index (Phi) is 6.05. The minimum absolute atomic E-state index is 0.336. The normalized spacial score (nSPS) is 13.4. The van der Waals surface area contributed by atoms with Crippen molar-refractivity contribution in [1.82, 2.24) is 4.98 Å². The Morgan fingerprint density at radius 1 is 1.45 bits per heavy atom. The van der Waals surface area contributed by atoms with Crippen LogP contribution in [-0.2, 0) is 11.1 Å². The van der Waals surface area contributed by atoms with E-state index < -0.39 is 22.4 Å². The molecular formula is C14H16N2O4S2. The second-order valence-electron chi connectivity index (χ2n) is 4.46. The molecule has 0 aliphatic carbocycles. The fourth-order valence-corrected chi connectivity index (χ4v) is 3.41. The highest BCUT2D eigenvalue weighted by molar-refractivity contribution is 7.79. The highest BCUT2D eigenvalue weighted by Crippen LogP contribution is 2.27. The van der Waals surface area contributed by atoms with Crippen LogP contribution in [-0.4, -0.2) is 19.8 Å². The molecule has 1 aromatic carbocycles. The van der Waals surface area contributed by atoms with Crippen molar-refractivity contribution in [1.29, 1.82) is 0 Å². The molecule has 1 heterocycles. The van der Waals surface area contributed by atoms with Gasteiger partial charge in [0, 0.05) is 5.38 Å². The Morgan fingerprint density at radius 3 is 2.82 bits per heavy atom. The number of aromatic nitrogens is 1. The smallest absolute Gasteiger partial charge is 0.410 e. The van der Waals surface area contributed by atoms with Gasteiger partial charge < -0.3 is 9.29 Å². The van der Waals surface area contributed by atoms with Gasteiger partial charge in [0.05, 0.1) is 5.69 Å². The van der Waals surface area contributed by atoms with Crippen molar-refractivity contribution in [2.75, 3.05) is 5.32 Å². The fourth-order valence-electron chi connectivity index (χ4n) is 1.81. The van der Waals surface area contributed by atoms with Gasteiger partial charge in [-0.25, -0.2) is 14.0 Å². The van der Waals surface area contributed by atoms with Gasteiger partial charge in [0.25, 0.3) is 0 Å². The maximum absolute atomic E-state index is 11.7. The first-order valence-electron chi connectivity index (χ1n) is 6.69. The molecule has 22 heavy (non-hydrogen) atoms. The van der Waals surface area contributed by atoms with E-state index in [2.05, 4.69) is 10.3 Å². The lowest BCUT2D eigenvalue weighted by molar-refractivity contribution is 0.215. The van der Waals surface area contributed by atoms with Crippen LogP contribution in [0.5, 0.6) is 5.75 Å². The van der Waals surface area contributed by atoms with Gasteiger partial charge >= 0.3 is 6.09 Å². The fraction of sp³-hybridized carbons (Fsp3) is 0.286. The van der Waals surface area contributed by atoms with Crippen molar-refractivity contribution in [2.24, 2.45) is 0 Å². The summed E-state index contributed by atoms with van der Waals surface area (Å²) in [6, 6.07) is 8.67. The van der Waals surface area contributed by atoms with E-state index in [1.54, 1.807) is 29.6 Å². The number of benzene rings is 1. The van der Waals surface area contributed by atoms with E-state index in [0.717, 1.165) is 6.42 Å². The Hall–Kier alpha value is -1.77. The minimum Gasteiger partial charge on any atom is -0.410 e. The maximum atomic E-state index is 11.7. The average molecular weight is 340 g/mol. The summed E-state index contributed by atoms with van der Waals surface area (Å²) in [6.45, 7) is 1.93. The molecule has 2 unspecified atom stereocenters. The zero-order valence-electron chi connectivity index (χ0n) is 11.9. The summed E-state index contributed by atoms with van der Waals surface area (Å²) in [6.07, 6.45) is 0.679. The monoisotopic (exact) mass is 340 g/mol. The molecule has 1 aromatic heterocycles. The Bertz CT molecular complexity index is 645. The summed E-state index contributed by atoms with van der Waals surface area (Å²) in [5.74, 6) is 0.428. The molecular weight excluding hydrogens is 324 g/mol. The highest BCUT2D eigenvalue weighted by Gasteiger charge is 2.20. The molecule has 0 aliphatic rings. The molecule has 6 nitrogen and oxygen atoms in total. The van der Waals surface area contributed by atoms with Gasteiger partial charge in [-0.05, 0) is 18.6 Å². The van der Waals surface area contributed by atoms with Crippen LogP contribution < -0.4 is 10.1 Å². The van der Waals surface area contributed by atoms with Gasteiger partial charge in [-0.15, -0.1) is 11.3 Å². The molecule has 2 N–H and O–H groups in total. The van der Waals surface area contributed by atoms with Gasteiger partial charge in [-0.1, -0.05) is 31.5 Å². The van der Waals surface area contributed by atoms with Gasteiger partial charge in [0.2, 0.25) is 0 Å². The highest BCUT2D eigenvalue weighted by atomic mass is 32.2. The van der Waals surface area contributed by atoms with Crippen LogP contribution in [0.3, 0.4) is 0 Å². The number of para-hydroxylation sites is 1. The molecule has 0 fully saturated rings. The average Bonchev–Trinajstić information content (AvgIpc) is 2.93. The zero-order valence-corrected chi connectivity index (χ0v) is 13.5. The zero-order chi connectivity index (χ0) is 15.9. The lowest BCUT2D eigenvalue weighted by Crippen LogP contribution is -2.16. The Labute approximate surface area is 134 Å². The number of carbonyl (C=O) groups excluding carboxylic acids is 1. The van der Waals surface area contributed by atoms with Crippen LogP contribution in [0, 0.1) is 0 Å². The third-order valence-corrected chi connectivity index (χ3v) is 4.55. The van der Waals surface area contributed by atoms with Gasteiger partial charge in [-0.3, -0.25) is 5.32 Å². The Morgan fingerprint density at radius 2 is 2.18 bits per heavy atom. The van der Waals surface area contributed by atoms with E-state index in [-0.39, 0.29) is 0 Å². The second kappa shape index (κ2) is 8.02. The molecule has 8 heteroatoms. The number of nitrogens with zero attached hydrogens (tertiary/aromatic N) is 1. The SMILES string of the molecule is CCCC(c1csc(NC(=O)Oc2ccccc2)n1)S(=O)O. The number of thiazole rings is 1. The quantitative estimate of drug-likeness (QED) is 0.781. The largest absolute Gasteiger partial charge is 0.418 e. The van der Waals surface area contributed by atoms with E-state index in [0.29, 0.717) is 23.0 Å². The maximum Gasteiger partial charge on any atom is 0.418 e. The second-order valence-corrected chi connectivity index (χ2v) is 6.44. The topological polar surface area (TPSA) is 88.5 Å². The number of ether oxygens (including phenoxy) is 1. The minimum atomic E-state index is -1.98. The summed E-state index contributed by atoms with van der Waals surface area (Å²) in [5, 5.41) is 3.98. The number of rotatable bonds is 6. The summed E-state index contributed by atoms with van der Waals surface area (Å²) in [7, 11) is 0. The number of hydrogen-bond donors (Lipinski definition) is 2. The van der Waals surface area contributed by atoms with E-state index in [9.17, 15) is 13.6 Å². The van der Waals surface area contributed by atoms with Crippen LogP contribution in [0.1, 0.15) is 30.7 Å². The van der Waals surface area contributed by atoms with E-state index in [1.807, 2.05) is 13.0 Å². The number of anilines is 1. The lowest BCUT2D eigenvalue weighted by Gasteiger charge is -2.08. The van der Waals surface area contributed by atoms with Crippen molar-refractivity contribution in [3.8, 4) is 5.75 Å². The van der Waals surface area contributed by atoms with Crippen LogP contribution in [0.15, 0.2) is 35.7 Å². The molecule has 2 rings (SSSR count). The summed E-state index contributed by atoms with van der Waals surface area (Å²) in [4.78, 5) is 15.9. The third-order valence-electron chi connectivity index (χ3n) is 2.81. The molecule has 0 spiro atoms. The van der Waals surface area contributed by atoms with Crippen molar-refractivity contribution in [3.63, 3.8) is 0 Å². The summed E-state index contributed by atoms with van der Waals surface area (Å²) < 4.78 is 25.7. The first kappa shape index (κ1) is 16.6. The molecule has 2 aromatic rings.